The monoisotopic (exact) mass is 422 g/mol. The van der Waals surface area contributed by atoms with Crippen LogP contribution in [0.3, 0.4) is 0 Å². The molecule has 2 rings (SSSR count). The van der Waals surface area contributed by atoms with Crippen molar-refractivity contribution < 1.29 is 14.3 Å². The lowest BCUT2D eigenvalue weighted by Gasteiger charge is -2.12. The van der Waals surface area contributed by atoms with Gasteiger partial charge in [0.15, 0.2) is 0 Å². The average Bonchev–Trinajstić information content (AvgIpc) is 2.56. The summed E-state index contributed by atoms with van der Waals surface area (Å²) < 4.78 is 11.9. The molecule has 0 spiro atoms. The zero-order valence-corrected chi connectivity index (χ0v) is 15.2. The van der Waals surface area contributed by atoms with Gasteiger partial charge in [0.1, 0.15) is 5.75 Å². The van der Waals surface area contributed by atoms with Gasteiger partial charge in [0, 0.05) is 6.42 Å². The summed E-state index contributed by atoms with van der Waals surface area (Å²) in [5.74, 6) is 0.494. The summed E-state index contributed by atoms with van der Waals surface area (Å²) in [5.41, 5.74) is 2.23. The number of benzene rings is 2. The molecule has 2 aromatic carbocycles. The van der Waals surface area contributed by atoms with Crippen molar-refractivity contribution in [2.24, 2.45) is 0 Å². The van der Waals surface area contributed by atoms with Crippen molar-refractivity contribution in [1.29, 1.82) is 0 Å². The second kappa shape index (κ2) is 8.72. The summed E-state index contributed by atoms with van der Waals surface area (Å²) in [6.07, 6.45) is 0.694. The van der Waals surface area contributed by atoms with Crippen molar-refractivity contribution in [2.75, 3.05) is 13.2 Å². The van der Waals surface area contributed by atoms with Crippen molar-refractivity contribution in [3.8, 4) is 5.75 Å². The third-order valence-corrected chi connectivity index (χ3v) is 4.22. The van der Waals surface area contributed by atoms with Gasteiger partial charge in [-0.15, -0.1) is 0 Å². The van der Waals surface area contributed by atoms with Crippen LogP contribution in [0.4, 0.5) is 0 Å². The first-order valence-corrected chi connectivity index (χ1v) is 8.53. The van der Waals surface area contributed by atoms with E-state index in [1.54, 1.807) is 6.92 Å². The van der Waals surface area contributed by atoms with E-state index in [0.717, 1.165) is 20.4 Å². The summed E-state index contributed by atoms with van der Waals surface area (Å²) in [4.78, 5) is 11.9. The summed E-state index contributed by atoms with van der Waals surface area (Å²) in [5, 5.41) is 0. The second-order valence-electron chi connectivity index (χ2n) is 4.89. The van der Waals surface area contributed by atoms with Crippen LogP contribution in [-0.2, 0) is 16.0 Å². The van der Waals surface area contributed by atoms with Crippen LogP contribution in [0.5, 0.6) is 5.75 Å². The summed E-state index contributed by atoms with van der Waals surface area (Å²) in [6, 6.07) is 15.6. The molecular formula is C19H19IO3. The van der Waals surface area contributed by atoms with Gasteiger partial charge in [-0.05, 0) is 52.8 Å². The summed E-state index contributed by atoms with van der Waals surface area (Å²) in [7, 11) is 0. The molecule has 120 valence electrons. The molecule has 23 heavy (non-hydrogen) atoms. The van der Waals surface area contributed by atoms with Crippen LogP contribution in [0.25, 0.3) is 5.57 Å². The molecule has 3 nitrogen and oxygen atoms in total. The molecule has 0 radical (unpaired) electrons. The number of ether oxygens (including phenoxy) is 2. The molecule has 0 unspecified atom stereocenters. The molecule has 2 aromatic rings. The Bertz CT molecular complexity index is 695. The zero-order valence-electron chi connectivity index (χ0n) is 13.0. The maximum atomic E-state index is 11.9. The van der Waals surface area contributed by atoms with Crippen molar-refractivity contribution in [1.82, 2.24) is 0 Å². The highest BCUT2D eigenvalue weighted by atomic mass is 127. The van der Waals surface area contributed by atoms with Gasteiger partial charge in [0.25, 0.3) is 0 Å². The quantitative estimate of drug-likeness (QED) is 0.375. The van der Waals surface area contributed by atoms with Crippen LogP contribution in [-0.4, -0.2) is 19.2 Å². The zero-order chi connectivity index (χ0) is 16.7. The Balaban J connectivity index is 2.05. The molecule has 4 heteroatoms. The molecule has 0 fully saturated rings. The summed E-state index contributed by atoms with van der Waals surface area (Å²) >= 11 is 2.25. The Hall–Kier alpha value is -1.82. The van der Waals surface area contributed by atoms with E-state index in [1.165, 1.54) is 0 Å². The fourth-order valence-corrected chi connectivity index (χ4v) is 2.74. The highest BCUT2D eigenvalue weighted by Gasteiger charge is 2.14. The summed E-state index contributed by atoms with van der Waals surface area (Å²) in [6.45, 7) is 6.53. The smallest absolute Gasteiger partial charge is 0.338 e. The lowest BCUT2D eigenvalue weighted by atomic mass is 9.99. The van der Waals surface area contributed by atoms with Crippen LogP contribution in [0, 0.1) is 3.57 Å². The van der Waals surface area contributed by atoms with E-state index >= 15 is 0 Å². The van der Waals surface area contributed by atoms with Gasteiger partial charge < -0.3 is 9.47 Å². The van der Waals surface area contributed by atoms with Gasteiger partial charge in [-0.2, -0.15) is 0 Å². The van der Waals surface area contributed by atoms with Gasteiger partial charge in [-0.3, -0.25) is 0 Å². The molecule has 0 bridgehead atoms. The second-order valence-corrected chi connectivity index (χ2v) is 6.05. The number of rotatable bonds is 7. The number of hydrogen-bond acceptors (Lipinski definition) is 3. The number of para-hydroxylation sites is 1. The first-order valence-electron chi connectivity index (χ1n) is 7.45. The van der Waals surface area contributed by atoms with Crippen LogP contribution >= 0.6 is 22.6 Å². The Morgan fingerprint density at radius 1 is 1.13 bits per heavy atom. The Labute approximate surface area is 150 Å². The fraction of sp³-hybridized carbons (Fsp3) is 0.211. The predicted octanol–water partition coefficient (Wildman–Crippen LogP) is 4.49. The number of carbonyl (C=O) groups excluding carboxylic acids is 1. The number of carbonyl (C=O) groups is 1. The standard InChI is InChI=1S/C19H19IO3/c1-3-22-19(21)14(2)16-9-5-4-8-15(16)12-13-23-18-11-7-6-10-17(18)20/h4-11H,2-3,12-13H2,1H3. The van der Waals surface area contributed by atoms with E-state index in [4.69, 9.17) is 9.47 Å². The molecule has 0 N–H and O–H groups in total. The molecule has 0 aliphatic rings. The van der Waals surface area contributed by atoms with Crippen LogP contribution < -0.4 is 4.74 Å². The predicted molar refractivity (Wildman–Crippen MR) is 100 cm³/mol. The molecule has 0 aliphatic heterocycles. The first-order chi connectivity index (χ1) is 11.1. The van der Waals surface area contributed by atoms with E-state index in [-0.39, 0.29) is 5.97 Å². The van der Waals surface area contributed by atoms with E-state index in [9.17, 15) is 4.79 Å². The normalized spacial score (nSPS) is 10.2. The largest absolute Gasteiger partial charge is 0.492 e. The van der Waals surface area contributed by atoms with Gasteiger partial charge in [0.05, 0.1) is 22.4 Å². The number of esters is 1. The maximum Gasteiger partial charge on any atom is 0.338 e. The molecule has 0 amide bonds. The van der Waals surface area contributed by atoms with Gasteiger partial charge in [-0.25, -0.2) is 4.79 Å². The van der Waals surface area contributed by atoms with E-state index in [2.05, 4.69) is 29.2 Å². The van der Waals surface area contributed by atoms with Crippen LogP contribution in [0.15, 0.2) is 55.1 Å². The fourth-order valence-electron chi connectivity index (χ4n) is 2.19. The molecule has 0 aliphatic carbocycles. The lowest BCUT2D eigenvalue weighted by molar-refractivity contribution is -0.136. The minimum absolute atomic E-state index is 0.343. The van der Waals surface area contributed by atoms with Crippen LogP contribution in [0.2, 0.25) is 0 Å². The molecule has 0 atom stereocenters. The number of hydrogen-bond donors (Lipinski definition) is 0. The van der Waals surface area contributed by atoms with Crippen molar-refractivity contribution >= 4 is 34.1 Å². The van der Waals surface area contributed by atoms with Gasteiger partial charge in [0.2, 0.25) is 0 Å². The number of halogens is 1. The van der Waals surface area contributed by atoms with Crippen LogP contribution in [0.1, 0.15) is 18.1 Å². The third-order valence-electron chi connectivity index (χ3n) is 3.33. The van der Waals surface area contributed by atoms with Crippen molar-refractivity contribution in [2.45, 2.75) is 13.3 Å². The van der Waals surface area contributed by atoms with Crippen molar-refractivity contribution in [3.63, 3.8) is 0 Å². The Morgan fingerprint density at radius 3 is 2.57 bits per heavy atom. The van der Waals surface area contributed by atoms with E-state index < -0.39 is 0 Å². The maximum absolute atomic E-state index is 11.9. The Morgan fingerprint density at radius 2 is 1.83 bits per heavy atom. The van der Waals surface area contributed by atoms with Gasteiger partial charge >= 0.3 is 5.97 Å². The third kappa shape index (κ3) is 4.82. The lowest BCUT2D eigenvalue weighted by Crippen LogP contribution is -2.09. The first kappa shape index (κ1) is 17.5. The minimum atomic E-state index is -0.376. The topological polar surface area (TPSA) is 35.5 Å². The van der Waals surface area contributed by atoms with E-state index in [1.807, 2.05) is 48.5 Å². The molecule has 0 saturated heterocycles. The highest BCUT2D eigenvalue weighted by molar-refractivity contribution is 14.1. The SMILES string of the molecule is C=C(C(=O)OCC)c1ccccc1CCOc1ccccc1I. The molecular weight excluding hydrogens is 403 g/mol. The Kier molecular flexibility index (Phi) is 6.65. The van der Waals surface area contributed by atoms with Crippen molar-refractivity contribution in [3.05, 3.63) is 69.8 Å². The van der Waals surface area contributed by atoms with Gasteiger partial charge in [-0.1, -0.05) is 43.0 Å². The molecule has 0 aromatic heterocycles. The van der Waals surface area contributed by atoms with E-state index in [0.29, 0.717) is 25.2 Å². The average molecular weight is 422 g/mol. The molecule has 0 heterocycles. The highest BCUT2D eigenvalue weighted by Crippen LogP contribution is 2.22. The minimum Gasteiger partial charge on any atom is -0.492 e. The molecule has 0 saturated carbocycles.